The number of nitrogen functional groups attached to an aromatic ring is 1. The van der Waals surface area contributed by atoms with Crippen molar-refractivity contribution >= 4 is 17.3 Å². The molecule has 0 spiro atoms. The van der Waals surface area contributed by atoms with E-state index < -0.39 is 58.9 Å². The van der Waals surface area contributed by atoms with Crippen molar-refractivity contribution in [3.8, 4) is 0 Å². The molecule has 9 heteroatoms. The van der Waals surface area contributed by atoms with Crippen LogP contribution in [0.4, 0.5) is 10.1 Å². The van der Waals surface area contributed by atoms with Crippen LogP contribution in [0.1, 0.15) is 56.9 Å². The molecule has 4 aliphatic carbocycles. The molecule has 42 heavy (non-hydrogen) atoms. The standard InChI is InChI=1S/C33H37FN2O6/c1-30-11-9-23(38)13-21(30)5-8-24-25-14-28-33(27(40)18-37,31(25,2)15-26(39)32(24,30)34)42-29(41-28)20-10-12-36(17-20)16-19-3-6-22(35)7-4-19/h3-4,6-7,9-13,17,24-26,28-29,37,39H,5,8,14-16,18,35H2,1-2H3/t24-,25-,26-,28+,29+,30-,31-,32-,33+/m0/s1. The number of benzene rings is 1. The highest BCUT2D eigenvalue weighted by Gasteiger charge is 2.79. The Morgan fingerprint density at radius 3 is 2.69 bits per heavy atom. The van der Waals surface area contributed by atoms with Gasteiger partial charge in [0.2, 0.25) is 0 Å². The number of Topliss-reactive ketones (excluding diaryl/α,β-unsaturated/α-hetero) is 1. The number of alkyl halides is 1. The van der Waals surface area contributed by atoms with Gasteiger partial charge in [-0.05, 0) is 74.4 Å². The minimum atomic E-state index is -2.03. The maximum absolute atomic E-state index is 17.5. The zero-order valence-corrected chi connectivity index (χ0v) is 23.8. The normalized spacial score (nSPS) is 42.0. The molecular formula is C33H37FN2O6. The third kappa shape index (κ3) is 3.48. The fraction of sp³-hybridized carbons (Fsp3) is 0.515. The van der Waals surface area contributed by atoms with Crippen molar-refractivity contribution in [3.05, 3.63) is 77.7 Å². The van der Waals surface area contributed by atoms with Crippen LogP contribution >= 0.6 is 0 Å². The van der Waals surface area contributed by atoms with E-state index in [9.17, 15) is 19.8 Å². The number of aliphatic hydroxyl groups excluding tert-OH is 2. The first-order valence-corrected chi connectivity index (χ1v) is 14.7. The molecule has 0 bridgehead atoms. The molecule has 222 valence electrons. The van der Waals surface area contributed by atoms with Gasteiger partial charge in [-0.1, -0.05) is 30.7 Å². The van der Waals surface area contributed by atoms with Crippen LogP contribution in [0.5, 0.6) is 0 Å². The zero-order chi connectivity index (χ0) is 29.7. The van der Waals surface area contributed by atoms with Crippen LogP contribution in [0.2, 0.25) is 0 Å². The molecule has 1 saturated heterocycles. The second-order valence-electron chi connectivity index (χ2n) is 13.3. The van der Waals surface area contributed by atoms with Crippen LogP contribution in [-0.2, 0) is 25.6 Å². The van der Waals surface area contributed by atoms with Crippen LogP contribution in [0.15, 0.2) is 66.5 Å². The Hall–Kier alpha value is -3.11. The average molecular weight is 577 g/mol. The van der Waals surface area contributed by atoms with Crippen LogP contribution in [-0.4, -0.2) is 56.4 Å². The summed E-state index contributed by atoms with van der Waals surface area (Å²) in [6, 6.07) is 9.51. The molecule has 4 fully saturated rings. The summed E-state index contributed by atoms with van der Waals surface area (Å²) in [5.41, 5.74) is 3.33. The van der Waals surface area contributed by atoms with Crippen molar-refractivity contribution in [2.45, 2.75) is 75.8 Å². The van der Waals surface area contributed by atoms with E-state index in [4.69, 9.17) is 15.2 Å². The van der Waals surface area contributed by atoms with Crippen LogP contribution in [0, 0.1) is 22.7 Å². The van der Waals surface area contributed by atoms with Crippen molar-refractivity contribution in [2.24, 2.45) is 22.7 Å². The minimum Gasteiger partial charge on any atom is -0.399 e. The molecule has 1 aliphatic heterocycles. The highest BCUT2D eigenvalue weighted by atomic mass is 19.1. The van der Waals surface area contributed by atoms with Gasteiger partial charge in [-0.2, -0.15) is 0 Å². The number of ketones is 2. The Labute approximate surface area is 244 Å². The Kier molecular flexibility index (Phi) is 6.07. The summed E-state index contributed by atoms with van der Waals surface area (Å²) in [7, 11) is 0. The molecule has 8 nitrogen and oxygen atoms in total. The zero-order valence-electron chi connectivity index (χ0n) is 23.8. The topological polar surface area (TPSA) is 124 Å². The number of aromatic nitrogens is 1. The lowest BCUT2D eigenvalue weighted by atomic mass is 9.44. The predicted octanol–water partition coefficient (Wildman–Crippen LogP) is 3.81. The first-order valence-electron chi connectivity index (χ1n) is 14.7. The summed E-state index contributed by atoms with van der Waals surface area (Å²) in [6.45, 7) is 3.52. The number of hydrogen-bond donors (Lipinski definition) is 3. The number of aliphatic hydroxyl groups is 2. The van der Waals surface area contributed by atoms with Gasteiger partial charge in [0.1, 0.15) is 6.61 Å². The third-order valence-corrected chi connectivity index (χ3v) is 11.3. The number of carbonyl (C=O) groups is 2. The predicted molar refractivity (Wildman–Crippen MR) is 152 cm³/mol. The van der Waals surface area contributed by atoms with E-state index in [-0.39, 0.29) is 18.1 Å². The summed E-state index contributed by atoms with van der Waals surface area (Å²) in [5, 5.41) is 21.8. The summed E-state index contributed by atoms with van der Waals surface area (Å²) >= 11 is 0. The number of hydrogen-bond acceptors (Lipinski definition) is 7. The number of allylic oxidation sites excluding steroid dienone is 4. The Morgan fingerprint density at radius 1 is 1.19 bits per heavy atom. The molecule has 1 aromatic carbocycles. The monoisotopic (exact) mass is 576 g/mol. The molecule has 2 heterocycles. The van der Waals surface area contributed by atoms with Crippen molar-refractivity contribution in [1.29, 1.82) is 0 Å². The maximum Gasteiger partial charge on any atom is 0.193 e. The van der Waals surface area contributed by atoms with Crippen molar-refractivity contribution in [3.63, 3.8) is 0 Å². The lowest BCUT2D eigenvalue weighted by Gasteiger charge is -2.62. The molecule has 0 radical (unpaired) electrons. The fourth-order valence-electron chi connectivity index (χ4n) is 9.25. The number of nitrogens with two attached hydrogens (primary N) is 1. The quantitative estimate of drug-likeness (QED) is 0.463. The van der Waals surface area contributed by atoms with Crippen LogP contribution < -0.4 is 5.73 Å². The van der Waals surface area contributed by atoms with Gasteiger partial charge in [-0.25, -0.2) is 4.39 Å². The molecule has 4 N–H and O–H groups in total. The van der Waals surface area contributed by atoms with E-state index in [1.807, 2.05) is 54.2 Å². The Bertz CT molecular complexity index is 1520. The van der Waals surface area contributed by atoms with Gasteiger partial charge >= 0.3 is 0 Å². The summed E-state index contributed by atoms with van der Waals surface area (Å²) < 4.78 is 32.6. The van der Waals surface area contributed by atoms with Gasteiger partial charge in [0.05, 0.1) is 12.2 Å². The third-order valence-electron chi connectivity index (χ3n) is 11.3. The second kappa shape index (κ2) is 9.19. The SMILES string of the molecule is C[C@]12C=CC(=O)C=C1CC[C@H]1[C@@H]3C[C@H]4O[C@@H](c5ccn(Cc6ccc(N)cc6)c5)O[C@@]4(C(=O)CO)[C@@]3(C)C[C@H](O)[C@@]12F. The van der Waals surface area contributed by atoms with Gasteiger partial charge in [-0.3, -0.25) is 9.59 Å². The van der Waals surface area contributed by atoms with Gasteiger partial charge in [-0.15, -0.1) is 0 Å². The fourth-order valence-corrected chi connectivity index (χ4v) is 9.25. The largest absolute Gasteiger partial charge is 0.399 e. The molecule has 0 unspecified atom stereocenters. The van der Waals surface area contributed by atoms with E-state index in [0.29, 0.717) is 37.1 Å². The number of anilines is 1. The average Bonchev–Trinajstić information content (AvgIpc) is 3.64. The number of rotatable bonds is 5. The van der Waals surface area contributed by atoms with Crippen molar-refractivity contribution in [1.82, 2.24) is 4.57 Å². The maximum atomic E-state index is 17.5. The van der Waals surface area contributed by atoms with Gasteiger partial charge in [0, 0.05) is 46.9 Å². The Morgan fingerprint density at radius 2 is 1.95 bits per heavy atom. The number of halogens is 1. The summed E-state index contributed by atoms with van der Waals surface area (Å²) in [4.78, 5) is 25.8. The molecule has 2 aromatic rings. The number of carbonyl (C=O) groups excluding carboxylic acids is 2. The van der Waals surface area contributed by atoms with Crippen LogP contribution in [0.25, 0.3) is 0 Å². The van der Waals surface area contributed by atoms with Crippen LogP contribution in [0.3, 0.4) is 0 Å². The van der Waals surface area contributed by atoms with E-state index in [2.05, 4.69) is 0 Å². The lowest BCUT2D eigenvalue weighted by molar-refractivity contribution is -0.231. The number of fused-ring (bicyclic) bond motifs is 7. The minimum absolute atomic E-state index is 0.0359. The Balaban J connectivity index is 1.21. The van der Waals surface area contributed by atoms with Gasteiger partial charge in [0.25, 0.3) is 0 Å². The first kappa shape index (κ1) is 27.7. The molecular weight excluding hydrogens is 539 g/mol. The lowest BCUT2D eigenvalue weighted by Crippen LogP contribution is -2.69. The van der Waals surface area contributed by atoms with E-state index in [0.717, 1.165) is 11.1 Å². The highest BCUT2D eigenvalue weighted by Crippen LogP contribution is 2.72. The second-order valence-corrected chi connectivity index (χ2v) is 13.3. The smallest absolute Gasteiger partial charge is 0.193 e. The molecule has 5 aliphatic rings. The first-order chi connectivity index (χ1) is 20.0. The molecule has 3 saturated carbocycles. The van der Waals surface area contributed by atoms with E-state index >= 15 is 4.39 Å². The van der Waals surface area contributed by atoms with Gasteiger partial charge < -0.3 is 30.0 Å². The summed E-state index contributed by atoms with van der Waals surface area (Å²) in [6.07, 6.45) is 6.66. The van der Waals surface area contributed by atoms with E-state index in [1.165, 1.54) is 12.2 Å². The molecule has 1 aromatic heterocycles. The van der Waals surface area contributed by atoms with Gasteiger partial charge in [0.15, 0.2) is 29.1 Å². The van der Waals surface area contributed by atoms with E-state index in [1.54, 1.807) is 13.0 Å². The number of ether oxygens (including phenoxy) is 2. The number of nitrogens with zero attached hydrogens (tertiary/aromatic N) is 1. The highest BCUT2D eigenvalue weighted by molar-refractivity contribution is 6.01. The molecule has 9 atom stereocenters. The molecule has 7 rings (SSSR count). The van der Waals surface area contributed by atoms with Crippen molar-refractivity contribution < 1.29 is 33.7 Å². The molecule has 0 amide bonds. The summed E-state index contributed by atoms with van der Waals surface area (Å²) in [5.74, 6) is -1.61. The van der Waals surface area contributed by atoms with Crippen molar-refractivity contribution in [2.75, 3.05) is 12.3 Å².